The quantitative estimate of drug-likeness (QED) is 0.746. The molecule has 1 N–H and O–H groups in total. The number of halogens is 1. The van der Waals surface area contributed by atoms with Crippen LogP contribution in [0.15, 0.2) is 39.9 Å². The largest absolute Gasteiger partial charge is 0.349 e. The highest BCUT2D eigenvalue weighted by molar-refractivity contribution is 8.26. The van der Waals surface area contributed by atoms with Gasteiger partial charge in [-0.15, -0.1) is 5.10 Å². The van der Waals surface area contributed by atoms with E-state index in [0.717, 1.165) is 42.6 Å². The molecule has 1 amide bonds. The molecular weight excluding hydrogens is 370 g/mol. The van der Waals surface area contributed by atoms with Crippen molar-refractivity contribution >= 4 is 51.5 Å². The number of hydrogen-bond donors (Lipinski definition) is 1. The van der Waals surface area contributed by atoms with Gasteiger partial charge in [-0.05, 0) is 54.3 Å². The number of benzene rings is 1. The first-order valence-corrected chi connectivity index (χ1v) is 9.71. The Morgan fingerprint density at radius 2 is 1.92 bits per heavy atom. The molecule has 4 rings (SSSR count). The first-order valence-electron chi connectivity index (χ1n) is 8.52. The lowest BCUT2D eigenvalue weighted by atomic mass is 10.00. The van der Waals surface area contributed by atoms with Crippen LogP contribution in [0, 0.1) is 11.3 Å². The second-order valence-electron chi connectivity index (χ2n) is 6.62. The van der Waals surface area contributed by atoms with E-state index >= 15 is 0 Å². The number of fused-ring (bicyclic) bond motifs is 1. The summed E-state index contributed by atoms with van der Waals surface area (Å²) in [4.78, 5) is 18.8. The van der Waals surface area contributed by atoms with Gasteiger partial charge in [0.2, 0.25) is 5.17 Å². The predicted octanol–water partition coefficient (Wildman–Crippen LogP) is 3.65. The Balaban J connectivity index is 1.59. The number of hydrazone groups is 1. The summed E-state index contributed by atoms with van der Waals surface area (Å²) in [5.74, 6) is 0.377. The molecule has 0 spiro atoms. The molecule has 0 unspecified atom stereocenters. The Kier molecular flexibility index (Phi) is 4.58. The Labute approximate surface area is 161 Å². The fourth-order valence-corrected chi connectivity index (χ4v) is 4.11. The number of piperidine rings is 1. The summed E-state index contributed by atoms with van der Waals surface area (Å²) in [5.41, 5.74) is 1.02. The molecule has 3 aliphatic rings. The number of nitrogens with zero attached hydrogens (tertiary/aromatic N) is 4. The molecule has 1 fully saturated rings. The van der Waals surface area contributed by atoms with E-state index in [9.17, 15) is 4.79 Å². The van der Waals surface area contributed by atoms with Crippen LogP contribution in [-0.2, 0) is 4.79 Å². The third-order valence-corrected chi connectivity index (χ3v) is 5.90. The molecule has 8 heteroatoms. The number of thioether (sulfide) groups is 1. The highest BCUT2D eigenvalue weighted by Crippen LogP contribution is 2.31. The van der Waals surface area contributed by atoms with Gasteiger partial charge in [0.05, 0.1) is 5.57 Å². The number of aliphatic imine (C=N–C) groups is 1. The molecule has 6 nitrogen and oxygen atoms in total. The smallest absolute Gasteiger partial charge is 0.283 e. The van der Waals surface area contributed by atoms with E-state index in [1.807, 2.05) is 0 Å². The van der Waals surface area contributed by atoms with Crippen molar-refractivity contribution in [1.82, 2.24) is 9.91 Å². The lowest BCUT2D eigenvalue weighted by Gasteiger charge is -2.30. The Morgan fingerprint density at radius 1 is 1.23 bits per heavy atom. The van der Waals surface area contributed by atoms with Crippen molar-refractivity contribution in [2.45, 2.75) is 19.8 Å². The minimum Gasteiger partial charge on any atom is -0.349 e. The van der Waals surface area contributed by atoms with Gasteiger partial charge in [-0.25, -0.2) is 0 Å². The summed E-state index contributed by atoms with van der Waals surface area (Å²) in [6.45, 7) is 4.15. The zero-order valence-corrected chi connectivity index (χ0v) is 15.8. The topological polar surface area (TPSA) is 72.1 Å². The first kappa shape index (κ1) is 17.3. The Bertz CT molecular complexity index is 853. The SMILES string of the molecule is CC1CCN(C2=NN3C(=N)/C(=C\c4ccc(Cl)cc4)C(=O)N=C3S2)CC1. The lowest BCUT2D eigenvalue weighted by Crippen LogP contribution is -2.36. The third kappa shape index (κ3) is 3.29. The molecule has 0 saturated carbocycles. The molecule has 0 radical (unpaired) electrons. The van der Waals surface area contributed by atoms with Crippen molar-refractivity contribution in [3.05, 3.63) is 40.4 Å². The van der Waals surface area contributed by atoms with Gasteiger partial charge in [-0.1, -0.05) is 30.7 Å². The predicted molar refractivity (Wildman–Crippen MR) is 106 cm³/mol. The van der Waals surface area contributed by atoms with Crippen molar-refractivity contribution in [2.75, 3.05) is 13.1 Å². The number of hydrogen-bond acceptors (Lipinski definition) is 5. The molecule has 26 heavy (non-hydrogen) atoms. The molecule has 0 atom stereocenters. The number of likely N-dealkylation sites (tertiary alicyclic amines) is 1. The van der Waals surface area contributed by atoms with Crippen LogP contribution in [0.1, 0.15) is 25.3 Å². The maximum Gasteiger partial charge on any atom is 0.283 e. The summed E-state index contributed by atoms with van der Waals surface area (Å²) < 4.78 is 0. The van der Waals surface area contributed by atoms with Gasteiger partial charge in [0.25, 0.3) is 5.91 Å². The normalized spacial score (nSPS) is 22.6. The van der Waals surface area contributed by atoms with Crippen LogP contribution < -0.4 is 0 Å². The summed E-state index contributed by atoms with van der Waals surface area (Å²) in [6, 6.07) is 7.10. The molecule has 0 aliphatic carbocycles. The Morgan fingerprint density at radius 3 is 2.62 bits per heavy atom. The van der Waals surface area contributed by atoms with E-state index in [1.54, 1.807) is 30.3 Å². The minimum atomic E-state index is -0.410. The van der Waals surface area contributed by atoms with Gasteiger partial charge in [-0.3, -0.25) is 10.2 Å². The van der Waals surface area contributed by atoms with Crippen molar-refractivity contribution in [3.63, 3.8) is 0 Å². The molecular formula is C18H18ClN5OS. The van der Waals surface area contributed by atoms with Crippen LogP contribution in [0.2, 0.25) is 5.02 Å². The Hall–Kier alpha value is -2.12. The van der Waals surface area contributed by atoms with Crippen molar-refractivity contribution in [3.8, 4) is 0 Å². The molecule has 134 valence electrons. The summed E-state index contributed by atoms with van der Waals surface area (Å²) in [7, 11) is 0. The van der Waals surface area contributed by atoms with Gasteiger partial charge < -0.3 is 4.90 Å². The van der Waals surface area contributed by atoms with Crippen LogP contribution in [0.5, 0.6) is 0 Å². The molecule has 1 aromatic carbocycles. The van der Waals surface area contributed by atoms with E-state index in [1.165, 1.54) is 16.8 Å². The number of carbonyl (C=O) groups excluding carboxylic acids is 1. The molecule has 1 saturated heterocycles. The summed E-state index contributed by atoms with van der Waals surface area (Å²) >= 11 is 7.26. The van der Waals surface area contributed by atoms with Crippen LogP contribution >= 0.6 is 23.4 Å². The summed E-state index contributed by atoms with van der Waals surface area (Å²) in [5, 5.41) is 16.3. The number of amidine groups is 3. The third-order valence-electron chi connectivity index (χ3n) is 4.68. The van der Waals surface area contributed by atoms with Crippen LogP contribution in [-0.4, -0.2) is 45.1 Å². The second kappa shape index (κ2) is 6.89. The zero-order chi connectivity index (χ0) is 18.3. The van der Waals surface area contributed by atoms with E-state index in [0.29, 0.717) is 10.2 Å². The lowest BCUT2D eigenvalue weighted by molar-refractivity contribution is -0.114. The molecule has 3 aliphatic heterocycles. The fraction of sp³-hybridized carbons (Fsp3) is 0.333. The first-order chi connectivity index (χ1) is 12.5. The monoisotopic (exact) mass is 387 g/mol. The second-order valence-corrected chi connectivity index (χ2v) is 7.99. The van der Waals surface area contributed by atoms with Gasteiger partial charge in [0.1, 0.15) is 0 Å². The van der Waals surface area contributed by atoms with Gasteiger partial charge in [0, 0.05) is 18.1 Å². The van der Waals surface area contributed by atoms with E-state index in [4.69, 9.17) is 17.0 Å². The molecule has 3 heterocycles. The standard InChI is InChI=1S/C18H18ClN5OS/c1-11-6-8-23(9-7-11)18-22-24-15(20)14(16(25)21-17(24)26-18)10-12-2-4-13(19)5-3-12/h2-5,10-11,20H,6-9H2,1H3/b14-10+,20-15?. The van der Waals surface area contributed by atoms with Gasteiger partial charge in [-0.2, -0.15) is 10.0 Å². The highest BCUT2D eigenvalue weighted by atomic mass is 35.5. The number of amides is 1. The maximum atomic E-state index is 12.4. The van der Waals surface area contributed by atoms with Crippen molar-refractivity contribution in [2.24, 2.45) is 16.0 Å². The van der Waals surface area contributed by atoms with Crippen LogP contribution in [0.4, 0.5) is 0 Å². The van der Waals surface area contributed by atoms with Crippen LogP contribution in [0.25, 0.3) is 6.08 Å². The zero-order valence-electron chi connectivity index (χ0n) is 14.3. The number of rotatable bonds is 1. The molecule has 1 aromatic rings. The average molecular weight is 388 g/mol. The van der Waals surface area contributed by atoms with Gasteiger partial charge in [0.15, 0.2) is 11.0 Å². The van der Waals surface area contributed by atoms with E-state index < -0.39 is 5.91 Å². The minimum absolute atomic E-state index is 0.0582. The highest BCUT2D eigenvalue weighted by Gasteiger charge is 2.37. The van der Waals surface area contributed by atoms with Crippen LogP contribution in [0.3, 0.4) is 0 Å². The van der Waals surface area contributed by atoms with E-state index in [-0.39, 0.29) is 11.4 Å². The van der Waals surface area contributed by atoms with Crippen molar-refractivity contribution < 1.29 is 4.79 Å². The fourth-order valence-electron chi connectivity index (χ4n) is 3.04. The number of carbonyl (C=O) groups is 1. The van der Waals surface area contributed by atoms with E-state index in [2.05, 4.69) is 21.9 Å². The number of nitrogens with one attached hydrogen (secondary N) is 1. The summed E-state index contributed by atoms with van der Waals surface area (Å²) in [6.07, 6.45) is 3.91. The molecule has 0 aromatic heterocycles. The van der Waals surface area contributed by atoms with Gasteiger partial charge >= 0.3 is 0 Å². The average Bonchev–Trinajstić information content (AvgIpc) is 3.05. The van der Waals surface area contributed by atoms with Crippen molar-refractivity contribution in [1.29, 1.82) is 5.41 Å². The maximum absolute atomic E-state index is 12.4. The molecule has 0 bridgehead atoms.